The van der Waals surface area contributed by atoms with Gasteiger partial charge in [-0.15, -0.1) is 0 Å². The Balaban J connectivity index is 1.12. The van der Waals surface area contributed by atoms with Crippen LogP contribution in [0.15, 0.2) is 192 Å². The molecule has 0 atom stereocenters. The Morgan fingerprint density at radius 2 is 0.811 bits per heavy atom. The van der Waals surface area contributed by atoms with Crippen molar-refractivity contribution in [1.29, 1.82) is 0 Å². The molecule has 0 fully saturated rings. The summed E-state index contributed by atoms with van der Waals surface area (Å²) in [5.74, 6) is 1.82. The Bertz CT molecular complexity index is 2910. The topological polar surface area (TPSA) is 51.8 Å². The number of nitrogens with zero attached hydrogens (tertiary/aromatic N) is 3. The van der Waals surface area contributed by atoms with Gasteiger partial charge in [-0.25, -0.2) is 15.0 Å². The van der Waals surface area contributed by atoms with Gasteiger partial charge in [0.25, 0.3) is 0 Å². The zero-order chi connectivity index (χ0) is 35.1. The van der Waals surface area contributed by atoms with Crippen molar-refractivity contribution >= 4 is 32.7 Å². The van der Waals surface area contributed by atoms with Crippen LogP contribution in [-0.4, -0.2) is 15.0 Å². The molecular formula is C49H31N3O. The summed E-state index contributed by atoms with van der Waals surface area (Å²) in [5.41, 5.74) is 11.3. The molecule has 10 rings (SSSR count). The van der Waals surface area contributed by atoms with Gasteiger partial charge in [0.2, 0.25) is 0 Å². The van der Waals surface area contributed by atoms with E-state index in [-0.39, 0.29) is 0 Å². The number of hydrogen-bond donors (Lipinski definition) is 0. The van der Waals surface area contributed by atoms with Crippen molar-refractivity contribution in [2.24, 2.45) is 0 Å². The van der Waals surface area contributed by atoms with E-state index in [4.69, 9.17) is 19.4 Å². The fourth-order valence-electron chi connectivity index (χ4n) is 7.20. The van der Waals surface area contributed by atoms with Gasteiger partial charge in [-0.05, 0) is 68.4 Å². The van der Waals surface area contributed by atoms with Crippen molar-refractivity contribution in [2.75, 3.05) is 0 Å². The molecule has 0 N–H and O–H groups in total. The van der Waals surface area contributed by atoms with Gasteiger partial charge in [0, 0.05) is 27.5 Å². The predicted molar refractivity (Wildman–Crippen MR) is 217 cm³/mol. The van der Waals surface area contributed by atoms with E-state index >= 15 is 0 Å². The van der Waals surface area contributed by atoms with Crippen LogP contribution in [0.2, 0.25) is 0 Å². The SMILES string of the molecule is c1ccc(-c2ccc(-c3ccc4oc5cccc(-c6nc(-c7ccc(-c8ccccc8)cc7)nc(-c7ccc8ccccc8c7)n6)c5c4c3)cc2)cc1. The molecule has 2 heterocycles. The predicted octanol–water partition coefficient (Wildman–Crippen LogP) is 12.9. The molecule has 0 aliphatic heterocycles. The van der Waals surface area contributed by atoms with Crippen LogP contribution in [0.1, 0.15) is 0 Å². The number of fused-ring (bicyclic) bond motifs is 4. The highest BCUT2D eigenvalue weighted by Gasteiger charge is 2.19. The smallest absolute Gasteiger partial charge is 0.164 e. The van der Waals surface area contributed by atoms with Gasteiger partial charge in [-0.3, -0.25) is 0 Å². The highest BCUT2D eigenvalue weighted by Crippen LogP contribution is 2.39. The van der Waals surface area contributed by atoms with Gasteiger partial charge in [0.15, 0.2) is 17.5 Å². The zero-order valence-corrected chi connectivity index (χ0v) is 28.6. The summed E-state index contributed by atoms with van der Waals surface area (Å²) >= 11 is 0. The van der Waals surface area contributed by atoms with Crippen molar-refractivity contribution in [3.05, 3.63) is 188 Å². The third kappa shape index (κ3) is 5.73. The second-order valence-corrected chi connectivity index (χ2v) is 13.2. The molecule has 0 saturated carbocycles. The quantitative estimate of drug-likeness (QED) is 0.176. The van der Waals surface area contributed by atoms with Gasteiger partial charge < -0.3 is 4.42 Å². The van der Waals surface area contributed by atoms with E-state index in [1.165, 1.54) is 16.5 Å². The molecule has 4 heteroatoms. The first-order valence-corrected chi connectivity index (χ1v) is 17.8. The maximum atomic E-state index is 6.44. The van der Waals surface area contributed by atoms with Crippen LogP contribution >= 0.6 is 0 Å². The van der Waals surface area contributed by atoms with Crippen LogP contribution in [0.4, 0.5) is 0 Å². The average molecular weight is 678 g/mol. The molecule has 0 saturated heterocycles. The molecule has 4 nitrogen and oxygen atoms in total. The van der Waals surface area contributed by atoms with Crippen molar-refractivity contribution in [2.45, 2.75) is 0 Å². The Labute approximate surface area is 306 Å². The van der Waals surface area contributed by atoms with E-state index < -0.39 is 0 Å². The molecule has 248 valence electrons. The molecule has 0 unspecified atom stereocenters. The van der Waals surface area contributed by atoms with E-state index in [2.05, 4.69) is 164 Å². The summed E-state index contributed by atoms with van der Waals surface area (Å²) < 4.78 is 6.44. The van der Waals surface area contributed by atoms with Gasteiger partial charge in [0.05, 0.1) is 0 Å². The monoisotopic (exact) mass is 677 g/mol. The largest absolute Gasteiger partial charge is 0.456 e. The molecule has 8 aromatic carbocycles. The molecule has 53 heavy (non-hydrogen) atoms. The number of aromatic nitrogens is 3. The highest BCUT2D eigenvalue weighted by molar-refractivity contribution is 6.12. The fourth-order valence-corrected chi connectivity index (χ4v) is 7.20. The van der Waals surface area contributed by atoms with E-state index in [9.17, 15) is 0 Å². The number of benzene rings is 8. The summed E-state index contributed by atoms with van der Waals surface area (Å²) in [6, 6.07) is 65.3. The lowest BCUT2D eigenvalue weighted by atomic mass is 9.98. The van der Waals surface area contributed by atoms with Crippen molar-refractivity contribution < 1.29 is 4.42 Å². The maximum absolute atomic E-state index is 6.44. The summed E-state index contributed by atoms with van der Waals surface area (Å²) in [7, 11) is 0. The molecule has 0 aliphatic carbocycles. The normalized spacial score (nSPS) is 11.4. The molecule has 0 bridgehead atoms. The first-order chi connectivity index (χ1) is 26.2. The van der Waals surface area contributed by atoms with E-state index in [1.54, 1.807) is 0 Å². The van der Waals surface area contributed by atoms with Crippen molar-refractivity contribution in [1.82, 2.24) is 15.0 Å². The maximum Gasteiger partial charge on any atom is 0.164 e. The Morgan fingerprint density at radius 3 is 1.49 bits per heavy atom. The van der Waals surface area contributed by atoms with E-state index in [0.717, 1.165) is 66.3 Å². The zero-order valence-electron chi connectivity index (χ0n) is 28.6. The minimum Gasteiger partial charge on any atom is -0.456 e. The Kier molecular flexibility index (Phi) is 7.43. The lowest BCUT2D eigenvalue weighted by Gasteiger charge is -2.10. The van der Waals surface area contributed by atoms with Crippen LogP contribution in [-0.2, 0) is 0 Å². The van der Waals surface area contributed by atoms with Crippen LogP contribution in [0.3, 0.4) is 0 Å². The third-order valence-electron chi connectivity index (χ3n) is 9.95. The molecule has 0 amide bonds. The summed E-state index contributed by atoms with van der Waals surface area (Å²) in [6.45, 7) is 0. The molecule has 0 aliphatic rings. The van der Waals surface area contributed by atoms with Gasteiger partial charge >= 0.3 is 0 Å². The standard InChI is InChI=1S/C49H31N3O/c1-3-10-32(11-4-1)35-18-20-37(21-19-35)40-28-29-44-43(31-40)46-42(16-9-17-45(46)53-44)49-51-47(38-25-22-36(23-26-38)33-12-5-2-6-13-33)50-48(52-49)41-27-24-34-14-7-8-15-39(34)30-41/h1-31H. The Hall–Kier alpha value is -7.17. The van der Waals surface area contributed by atoms with E-state index in [1.807, 2.05) is 24.3 Å². The summed E-state index contributed by atoms with van der Waals surface area (Å²) in [4.78, 5) is 15.4. The van der Waals surface area contributed by atoms with Gasteiger partial charge in [-0.2, -0.15) is 0 Å². The molecular weight excluding hydrogens is 647 g/mol. The highest BCUT2D eigenvalue weighted by atomic mass is 16.3. The Morgan fingerprint density at radius 1 is 0.302 bits per heavy atom. The van der Waals surface area contributed by atoms with Gasteiger partial charge in [-0.1, -0.05) is 164 Å². The minimum atomic E-state index is 0.594. The van der Waals surface area contributed by atoms with Crippen molar-refractivity contribution in [3.63, 3.8) is 0 Å². The molecule has 0 spiro atoms. The summed E-state index contributed by atoms with van der Waals surface area (Å²) in [5, 5.41) is 4.29. The number of furan rings is 1. The first kappa shape index (κ1) is 30.6. The lowest BCUT2D eigenvalue weighted by Crippen LogP contribution is -2.00. The van der Waals surface area contributed by atoms with Crippen LogP contribution in [0.25, 0.3) is 100 Å². The minimum absolute atomic E-state index is 0.594. The summed E-state index contributed by atoms with van der Waals surface area (Å²) in [6.07, 6.45) is 0. The van der Waals surface area contributed by atoms with E-state index in [0.29, 0.717) is 17.5 Å². The second-order valence-electron chi connectivity index (χ2n) is 13.2. The lowest BCUT2D eigenvalue weighted by molar-refractivity contribution is 0.669. The number of hydrogen-bond acceptors (Lipinski definition) is 4. The number of rotatable bonds is 6. The molecule has 0 radical (unpaired) electrons. The van der Waals surface area contributed by atoms with Gasteiger partial charge in [0.1, 0.15) is 11.2 Å². The second kappa shape index (κ2) is 12.9. The van der Waals surface area contributed by atoms with Crippen LogP contribution < -0.4 is 0 Å². The average Bonchev–Trinajstić information content (AvgIpc) is 3.62. The molecule has 2 aromatic heterocycles. The van der Waals surface area contributed by atoms with Crippen LogP contribution in [0.5, 0.6) is 0 Å². The van der Waals surface area contributed by atoms with Crippen molar-refractivity contribution in [3.8, 4) is 67.5 Å². The fraction of sp³-hybridized carbons (Fsp3) is 0. The third-order valence-corrected chi connectivity index (χ3v) is 9.95. The van der Waals surface area contributed by atoms with Crippen LogP contribution in [0, 0.1) is 0 Å². The first-order valence-electron chi connectivity index (χ1n) is 17.8. The molecule has 10 aromatic rings.